The maximum atomic E-state index is 13.2. The summed E-state index contributed by atoms with van der Waals surface area (Å²) in [4.78, 5) is 21.9. The topological polar surface area (TPSA) is 78.1 Å². The molecule has 0 spiro atoms. The highest BCUT2D eigenvalue weighted by Gasteiger charge is 2.41. The van der Waals surface area contributed by atoms with Gasteiger partial charge in [0.1, 0.15) is 11.4 Å². The number of alkyl halides is 3. The molecule has 2 saturated carbocycles. The molecule has 2 atom stereocenters. The fourth-order valence-corrected chi connectivity index (χ4v) is 4.18. The van der Waals surface area contributed by atoms with Crippen LogP contribution in [0.25, 0.3) is 0 Å². The third-order valence-electron chi connectivity index (χ3n) is 6.54. The van der Waals surface area contributed by atoms with Crippen molar-refractivity contribution in [1.82, 2.24) is 15.1 Å². The van der Waals surface area contributed by atoms with E-state index in [-0.39, 0.29) is 29.6 Å². The summed E-state index contributed by atoms with van der Waals surface area (Å²) in [6, 6.07) is 1.37. The Bertz CT molecular complexity index is 982. The van der Waals surface area contributed by atoms with Crippen LogP contribution >= 0.6 is 0 Å². The number of hydrogen-bond donors (Lipinski definition) is 0. The molecular formula is C23H28F3N3O3. The van der Waals surface area contributed by atoms with Gasteiger partial charge in [-0.25, -0.2) is 0 Å². The summed E-state index contributed by atoms with van der Waals surface area (Å²) in [5, 5.41) is 4.05. The summed E-state index contributed by atoms with van der Waals surface area (Å²) < 4.78 is 49.8. The van der Waals surface area contributed by atoms with Crippen LogP contribution in [0.15, 0.2) is 16.8 Å². The molecule has 1 unspecified atom stereocenters. The van der Waals surface area contributed by atoms with Crippen molar-refractivity contribution in [1.29, 1.82) is 0 Å². The molecule has 174 valence electrons. The van der Waals surface area contributed by atoms with Crippen molar-refractivity contribution in [3.63, 3.8) is 0 Å². The van der Waals surface area contributed by atoms with Crippen LogP contribution in [0.1, 0.15) is 92.5 Å². The van der Waals surface area contributed by atoms with Gasteiger partial charge in [0.25, 0.3) is 0 Å². The van der Waals surface area contributed by atoms with Gasteiger partial charge in [-0.2, -0.15) is 18.2 Å². The molecule has 0 saturated heterocycles. The normalized spacial score (nSPS) is 19.8. The first-order valence-electron chi connectivity index (χ1n) is 11.1. The molecular weight excluding hydrogens is 423 g/mol. The zero-order chi connectivity index (χ0) is 23.1. The van der Waals surface area contributed by atoms with E-state index in [0.717, 1.165) is 45.4 Å². The van der Waals surface area contributed by atoms with E-state index in [0.29, 0.717) is 23.2 Å². The Morgan fingerprint density at radius 3 is 2.53 bits per heavy atom. The number of hydrogen-bond acceptors (Lipinski definition) is 6. The van der Waals surface area contributed by atoms with Gasteiger partial charge in [-0.3, -0.25) is 9.78 Å². The van der Waals surface area contributed by atoms with Crippen molar-refractivity contribution in [2.45, 2.75) is 89.3 Å². The van der Waals surface area contributed by atoms with Gasteiger partial charge in [-0.05, 0) is 38.0 Å². The van der Waals surface area contributed by atoms with Crippen molar-refractivity contribution in [2.75, 3.05) is 0 Å². The molecule has 9 heteroatoms. The third kappa shape index (κ3) is 4.96. The lowest BCUT2D eigenvalue weighted by Crippen LogP contribution is -2.32. The first kappa shape index (κ1) is 22.7. The maximum absolute atomic E-state index is 13.2. The van der Waals surface area contributed by atoms with Crippen molar-refractivity contribution in [3.05, 3.63) is 35.2 Å². The van der Waals surface area contributed by atoms with E-state index in [1.54, 1.807) is 6.92 Å². The highest BCUT2D eigenvalue weighted by atomic mass is 19.4. The van der Waals surface area contributed by atoms with Gasteiger partial charge >= 0.3 is 6.18 Å². The maximum Gasteiger partial charge on any atom is 0.425 e. The minimum absolute atomic E-state index is 0.0898. The molecule has 2 heterocycles. The van der Waals surface area contributed by atoms with E-state index in [2.05, 4.69) is 15.1 Å². The van der Waals surface area contributed by atoms with Gasteiger partial charge in [0, 0.05) is 36.6 Å². The number of carbonyl (C=O) groups excluding carboxylic acids is 1. The van der Waals surface area contributed by atoms with E-state index in [9.17, 15) is 18.0 Å². The van der Waals surface area contributed by atoms with Crippen LogP contribution in [-0.2, 0) is 5.41 Å². The summed E-state index contributed by atoms with van der Waals surface area (Å²) >= 11 is 0. The second kappa shape index (κ2) is 8.48. The van der Waals surface area contributed by atoms with E-state index in [1.165, 1.54) is 12.3 Å². The molecule has 0 aliphatic heterocycles. The zero-order valence-electron chi connectivity index (χ0n) is 18.5. The Morgan fingerprint density at radius 2 is 2.00 bits per heavy atom. The molecule has 0 amide bonds. The van der Waals surface area contributed by atoms with Crippen molar-refractivity contribution < 1.29 is 27.2 Å². The average Bonchev–Trinajstić information content (AvgIpc) is 3.36. The number of halogens is 3. The van der Waals surface area contributed by atoms with Gasteiger partial charge in [0.15, 0.2) is 17.7 Å². The predicted octanol–water partition coefficient (Wildman–Crippen LogP) is 5.70. The summed E-state index contributed by atoms with van der Waals surface area (Å²) in [5.74, 6) is 1.34. The summed E-state index contributed by atoms with van der Waals surface area (Å²) in [6.45, 7) is 4.60. The lowest BCUT2D eigenvalue weighted by Gasteiger charge is -2.29. The smallest absolute Gasteiger partial charge is 0.425 e. The first-order valence-corrected chi connectivity index (χ1v) is 11.1. The monoisotopic (exact) mass is 451 g/mol. The van der Waals surface area contributed by atoms with Crippen LogP contribution in [0.2, 0.25) is 0 Å². The second-order valence-corrected chi connectivity index (χ2v) is 9.48. The molecule has 2 fully saturated rings. The van der Waals surface area contributed by atoms with Crippen LogP contribution in [0.3, 0.4) is 0 Å². The standard InChI is InChI=1S/C23H28F3N3O3/c1-13(23(24,25)26)31-20-9-18(27-12-17(20)16-5-4-6-16)19(30)11-22(3,10-15-7-8-15)21-28-14(2)32-29-21/h9,12-13,15-16H,4-8,10-11H2,1-3H3/t13-,22?/m0/s1. The van der Waals surface area contributed by atoms with Crippen LogP contribution < -0.4 is 4.74 Å². The van der Waals surface area contributed by atoms with Gasteiger partial charge in [-0.1, -0.05) is 31.3 Å². The Balaban J connectivity index is 1.60. The highest BCUT2D eigenvalue weighted by Crippen LogP contribution is 2.44. The molecule has 4 rings (SSSR count). The summed E-state index contributed by atoms with van der Waals surface area (Å²) in [5.41, 5.74) is 0.100. The largest absolute Gasteiger partial charge is 0.481 e. The Hall–Kier alpha value is -2.45. The molecule has 0 N–H and O–H groups in total. The van der Waals surface area contributed by atoms with Gasteiger partial charge < -0.3 is 9.26 Å². The SMILES string of the molecule is Cc1nc(C(C)(CC(=O)c2cc(O[C@@H](C)C(F)(F)F)c(C3CCC3)cn2)CC2CC2)no1. The Morgan fingerprint density at radius 1 is 1.28 bits per heavy atom. The zero-order valence-corrected chi connectivity index (χ0v) is 18.5. The van der Waals surface area contributed by atoms with Crippen molar-refractivity contribution in [2.24, 2.45) is 5.92 Å². The number of aromatic nitrogens is 3. The molecule has 2 aromatic heterocycles. The predicted molar refractivity (Wildman–Crippen MR) is 110 cm³/mol. The molecule has 32 heavy (non-hydrogen) atoms. The van der Waals surface area contributed by atoms with E-state index >= 15 is 0 Å². The Kier molecular flexibility index (Phi) is 6.02. The minimum Gasteiger partial charge on any atom is -0.481 e. The van der Waals surface area contributed by atoms with Crippen LogP contribution in [0, 0.1) is 12.8 Å². The number of pyridine rings is 1. The van der Waals surface area contributed by atoms with Crippen molar-refractivity contribution in [3.8, 4) is 5.75 Å². The van der Waals surface area contributed by atoms with Gasteiger partial charge in [-0.15, -0.1) is 0 Å². The van der Waals surface area contributed by atoms with E-state index < -0.39 is 17.7 Å². The van der Waals surface area contributed by atoms with E-state index in [4.69, 9.17) is 9.26 Å². The number of Topliss-reactive ketones (excluding diaryl/α,β-unsaturated/α-hetero) is 1. The number of rotatable bonds is 9. The third-order valence-corrected chi connectivity index (χ3v) is 6.54. The lowest BCUT2D eigenvalue weighted by atomic mass is 9.78. The fraction of sp³-hybridized carbons (Fsp3) is 0.652. The van der Waals surface area contributed by atoms with Crippen molar-refractivity contribution >= 4 is 5.78 Å². The number of ether oxygens (including phenoxy) is 1. The molecule has 0 aromatic carbocycles. The lowest BCUT2D eigenvalue weighted by molar-refractivity contribution is -0.189. The van der Waals surface area contributed by atoms with Gasteiger partial charge in [0.2, 0.25) is 5.89 Å². The highest BCUT2D eigenvalue weighted by molar-refractivity contribution is 5.95. The number of aryl methyl sites for hydroxylation is 1. The minimum atomic E-state index is -4.50. The summed E-state index contributed by atoms with van der Waals surface area (Å²) in [7, 11) is 0. The molecule has 6 nitrogen and oxygen atoms in total. The van der Waals surface area contributed by atoms with E-state index in [1.807, 2.05) is 6.92 Å². The van der Waals surface area contributed by atoms with Gasteiger partial charge in [0.05, 0.1) is 0 Å². The molecule has 2 aliphatic rings. The number of carbonyl (C=O) groups is 1. The van der Waals surface area contributed by atoms with Crippen LogP contribution in [0.5, 0.6) is 5.75 Å². The number of ketones is 1. The summed E-state index contributed by atoms with van der Waals surface area (Å²) in [6.07, 6.45) is 0.835. The average molecular weight is 451 g/mol. The Labute approximate surface area is 184 Å². The quantitative estimate of drug-likeness (QED) is 0.455. The molecule has 2 aliphatic carbocycles. The molecule has 0 bridgehead atoms. The molecule has 2 aromatic rings. The van der Waals surface area contributed by atoms with Crippen LogP contribution in [-0.4, -0.2) is 33.2 Å². The van der Waals surface area contributed by atoms with Crippen LogP contribution in [0.4, 0.5) is 13.2 Å². The first-order chi connectivity index (χ1) is 15.0. The fourth-order valence-electron chi connectivity index (χ4n) is 4.18. The number of nitrogens with zero attached hydrogens (tertiary/aromatic N) is 3. The second-order valence-electron chi connectivity index (χ2n) is 9.48. The molecule has 0 radical (unpaired) electrons.